The number of nitrogens with zero attached hydrogens (tertiary/aromatic N) is 5. The van der Waals surface area contributed by atoms with Gasteiger partial charge in [0, 0.05) is 36.1 Å². The Morgan fingerprint density at radius 3 is 2.64 bits per heavy atom. The Balaban J connectivity index is 1.73. The van der Waals surface area contributed by atoms with Gasteiger partial charge in [-0.15, -0.1) is 5.10 Å². The summed E-state index contributed by atoms with van der Waals surface area (Å²) in [6.45, 7) is 1.65. The van der Waals surface area contributed by atoms with Gasteiger partial charge in [0.05, 0.1) is 10.7 Å². The Bertz CT molecular complexity index is 985. The fourth-order valence-corrected chi connectivity index (χ4v) is 3.60. The second-order valence-electron chi connectivity index (χ2n) is 6.50. The number of benzene rings is 1. The highest BCUT2D eigenvalue weighted by molar-refractivity contribution is 6.35. The number of halogens is 2. The first-order chi connectivity index (χ1) is 13.6. The number of hydrogen-bond donors (Lipinski definition) is 1. The van der Waals surface area contributed by atoms with Gasteiger partial charge in [0.2, 0.25) is 5.82 Å². The van der Waals surface area contributed by atoms with E-state index in [1.807, 2.05) is 11.1 Å². The van der Waals surface area contributed by atoms with Crippen LogP contribution in [0.15, 0.2) is 42.7 Å². The lowest BCUT2D eigenvalue weighted by Crippen LogP contribution is -2.45. The molecule has 0 radical (unpaired) electrons. The molecule has 0 aliphatic carbocycles. The van der Waals surface area contributed by atoms with Crippen LogP contribution in [0, 0.1) is 0 Å². The van der Waals surface area contributed by atoms with Gasteiger partial charge in [-0.1, -0.05) is 29.6 Å². The minimum absolute atomic E-state index is 0.0652. The van der Waals surface area contributed by atoms with E-state index in [2.05, 4.69) is 20.5 Å². The molecule has 0 unspecified atom stereocenters. The van der Waals surface area contributed by atoms with Gasteiger partial charge >= 0.3 is 5.91 Å². The van der Waals surface area contributed by atoms with E-state index in [0.29, 0.717) is 21.6 Å². The number of carbonyl (C=O) groups excluding carboxylic acids is 1. The molecular weight excluding hydrogens is 399 g/mol. The quantitative estimate of drug-likeness (QED) is 0.700. The predicted molar refractivity (Wildman–Crippen MR) is 108 cm³/mol. The van der Waals surface area contributed by atoms with Gasteiger partial charge in [0.15, 0.2) is 5.82 Å². The number of aromatic nitrogens is 4. The molecule has 1 fully saturated rings. The summed E-state index contributed by atoms with van der Waals surface area (Å²) in [6.07, 6.45) is 6.63. The summed E-state index contributed by atoms with van der Waals surface area (Å²) in [5.74, 6) is 0.187. The van der Waals surface area contributed by atoms with Crippen LogP contribution in [0.4, 0.5) is 0 Å². The molecule has 1 N–H and O–H groups in total. The predicted octanol–water partition coefficient (Wildman–Crippen LogP) is 3.77. The third-order valence-electron chi connectivity index (χ3n) is 4.48. The van der Waals surface area contributed by atoms with Crippen molar-refractivity contribution in [2.75, 3.05) is 13.1 Å². The summed E-state index contributed by atoms with van der Waals surface area (Å²) >= 11 is 12.4. The maximum Gasteiger partial charge on any atom is 0.305 e. The summed E-state index contributed by atoms with van der Waals surface area (Å²) < 4.78 is 1.54. The van der Waals surface area contributed by atoms with E-state index in [9.17, 15) is 4.79 Å². The minimum atomic E-state index is -0.351. The van der Waals surface area contributed by atoms with Gasteiger partial charge in [0.1, 0.15) is 0 Å². The molecule has 144 valence electrons. The van der Waals surface area contributed by atoms with Gasteiger partial charge in [-0.2, -0.15) is 0 Å². The molecule has 4 rings (SSSR count). The lowest BCUT2D eigenvalue weighted by atomic mass is 10.2. The summed E-state index contributed by atoms with van der Waals surface area (Å²) in [5.41, 5.74) is 4.19. The van der Waals surface area contributed by atoms with Gasteiger partial charge < -0.3 is 0 Å². The van der Waals surface area contributed by atoms with Crippen molar-refractivity contribution in [3.8, 4) is 17.1 Å². The van der Waals surface area contributed by atoms with Crippen molar-refractivity contribution in [2.24, 2.45) is 0 Å². The topological polar surface area (TPSA) is 75.9 Å². The van der Waals surface area contributed by atoms with Crippen LogP contribution in [0.5, 0.6) is 0 Å². The summed E-state index contributed by atoms with van der Waals surface area (Å²) in [4.78, 5) is 21.3. The van der Waals surface area contributed by atoms with E-state index in [1.165, 1.54) is 6.42 Å². The SMILES string of the molecule is O=C(NN1CCCCC1)c1nc(-c2cccnc2)n(-c2ccc(Cl)cc2Cl)n1. The Kier molecular flexibility index (Phi) is 5.57. The first-order valence-corrected chi connectivity index (χ1v) is 9.76. The van der Waals surface area contributed by atoms with E-state index in [0.717, 1.165) is 31.5 Å². The molecule has 1 saturated heterocycles. The van der Waals surface area contributed by atoms with Gasteiger partial charge in [-0.05, 0) is 43.2 Å². The van der Waals surface area contributed by atoms with Crippen molar-refractivity contribution < 1.29 is 4.79 Å². The summed E-state index contributed by atoms with van der Waals surface area (Å²) in [6, 6.07) is 8.73. The lowest BCUT2D eigenvalue weighted by Gasteiger charge is -2.26. The van der Waals surface area contributed by atoms with Gasteiger partial charge in [-0.3, -0.25) is 15.2 Å². The van der Waals surface area contributed by atoms with Gasteiger partial charge in [0.25, 0.3) is 0 Å². The van der Waals surface area contributed by atoms with Crippen LogP contribution >= 0.6 is 23.2 Å². The van der Waals surface area contributed by atoms with Crippen LogP contribution < -0.4 is 5.43 Å². The highest BCUT2D eigenvalue weighted by atomic mass is 35.5. The Hall–Kier alpha value is -2.48. The molecule has 7 nitrogen and oxygen atoms in total. The number of amides is 1. The number of carbonyl (C=O) groups is 1. The van der Waals surface area contributed by atoms with E-state index in [-0.39, 0.29) is 11.7 Å². The van der Waals surface area contributed by atoms with Crippen molar-refractivity contribution in [3.05, 3.63) is 58.6 Å². The number of nitrogens with one attached hydrogen (secondary N) is 1. The number of hydrazine groups is 1. The Morgan fingerprint density at radius 2 is 1.93 bits per heavy atom. The molecule has 2 aromatic heterocycles. The first kappa shape index (κ1) is 18.9. The number of piperidine rings is 1. The number of rotatable bonds is 4. The van der Waals surface area contributed by atoms with Gasteiger partial charge in [-0.25, -0.2) is 14.7 Å². The zero-order valence-electron chi connectivity index (χ0n) is 15.0. The molecular formula is C19H18Cl2N6O. The van der Waals surface area contributed by atoms with Crippen molar-refractivity contribution in [1.29, 1.82) is 0 Å². The van der Waals surface area contributed by atoms with Crippen molar-refractivity contribution in [3.63, 3.8) is 0 Å². The molecule has 3 heterocycles. The van der Waals surface area contributed by atoms with Crippen LogP contribution in [-0.4, -0.2) is 43.8 Å². The second-order valence-corrected chi connectivity index (χ2v) is 7.34. The second kappa shape index (κ2) is 8.26. The average molecular weight is 417 g/mol. The van der Waals surface area contributed by atoms with E-state index in [1.54, 1.807) is 41.3 Å². The highest BCUT2D eigenvalue weighted by Crippen LogP contribution is 2.28. The lowest BCUT2D eigenvalue weighted by molar-refractivity contribution is 0.0739. The van der Waals surface area contributed by atoms with Crippen molar-refractivity contribution in [1.82, 2.24) is 30.2 Å². The van der Waals surface area contributed by atoms with Crippen LogP contribution in [-0.2, 0) is 0 Å². The van der Waals surface area contributed by atoms with Crippen LogP contribution in [0.25, 0.3) is 17.1 Å². The van der Waals surface area contributed by atoms with Crippen LogP contribution in [0.1, 0.15) is 29.9 Å². The fraction of sp³-hybridized carbons (Fsp3) is 0.263. The molecule has 0 spiro atoms. The van der Waals surface area contributed by atoms with Crippen molar-refractivity contribution in [2.45, 2.75) is 19.3 Å². The molecule has 3 aromatic rings. The zero-order valence-corrected chi connectivity index (χ0v) is 16.5. The van der Waals surface area contributed by atoms with E-state index in [4.69, 9.17) is 23.2 Å². The van der Waals surface area contributed by atoms with E-state index < -0.39 is 0 Å². The maximum atomic E-state index is 12.7. The molecule has 1 aliphatic rings. The third kappa shape index (κ3) is 4.01. The largest absolute Gasteiger partial charge is 0.305 e. The summed E-state index contributed by atoms with van der Waals surface area (Å²) in [7, 11) is 0. The van der Waals surface area contributed by atoms with E-state index >= 15 is 0 Å². The molecule has 0 atom stereocenters. The fourth-order valence-electron chi connectivity index (χ4n) is 3.11. The summed E-state index contributed by atoms with van der Waals surface area (Å²) in [5, 5.41) is 7.25. The Labute approximate surface area is 172 Å². The molecule has 0 bridgehead atoms. The Morgan fingerprint density at radius 1 is 1.11 bits per heavy atom. The molecule has 1 aromatic carbocycles. The smallest absolute Gasteiger partial charge is 0.282 e. The third-order valence-corrected chi connectivity index (χ3v) is 5.02. The van der Waals surface area contributed by atoms with Crippen molar-refractivity contribution >= 4 is 29.1 Å². The highest BCUT2D eigenvalue weighted by Gasteiger charge is 2.22. The van der Waals surface area contributed by atoms with Crippen LogP contribution in [0.2, 0.25) is 10.0 Å². The molecule has 1 amide bonds. The monoisotopic (exact) mass is 416 g/mol. The zero-order chi connectivity index (χ0) is 19.5. The average Bonchev–Trinajstić information content (AvgIpc) is 3.15. The van der Waals surface area contributed by atoms with Crippen LogP contribution in [0.3, 0.4) is 0 Å². The first-order valence-electron chi connectivity index (χ1n) is 9.00. The number of hydrogen-bond acceptors (Lipinski definition) is 5. The molecule has 9 heteroatoms. The molecule has 0 saturated carbocycles. The normalized spacial score (nSPS) is 14.8. The molecule has 1 aliphatic heterocycles. The number of pyridine rings is 1. The minimum Gasteiger partial charge on any atom is -0.282 e. The molecule has 28 heavy (non-hydrogen) atoms. The maximum absolute atomic E-state index is 12.7. The standard InChI is InChI=1S/C19H18Cl2N6O/c20-14-6-7-16(15(21)11-14)27-18(13-5-4-8-22-12-13)23-17(24-27)19(28)25-26-9-2-1-3-10-26/h4-8,11-12H,1-3,9-10H2,(H,25,28).